The van der Waals surface area contributed by atoms with Crippen LogP contribution < -0.4 is 4.74 Å². The van der Waals surface area contributed by atoms with Crippen LogP contribution in [0.5, 0.6) is 5.75 Å². The minimum atomic E-state index is -0.720. The van der Waals surface area contributed by atoms with E-state index in [0.717, 1.165) is 31.2 Å². The molecular weight excluding hydrogens is 300 g/mol. The van der Waals surface area contributed by atoms with E-state index in [2.05, 4.69) is 0 Å². The fraction of sp³-hybridized carbons (Fsp3) is 0.529. The monoisotopic (exact) mass is 324 g/mol. The Morgan fingerprint density at radius 2 is 1.39 bits per heavy atom. The molecule has 0 amide bonds. The van der Waals surface area contributed by atoms with Crippen molar-refractivity contribution in [1.82, 2.24) is 0 Å². The number of carbonyl (C=O) groups is 2. The van der Waals surface area contributed by atoms with Crippen LogP contribution in [-0.2, 0) is 20.8 Å². The van der Waals surface area contributed by atoms with Gasteiger partial charge in [0.25, 0.3) is 0 Å². The van der Waals surface area contributed by atoms with Crippen LogP contribution in [0.15, 0.2) is 24.3 Å². The lowest BCUT2D eigenvalue weighted by Crippen LogP contribution is -2.11. The molecule has 23 heavy (non-hydrogen) atoms. The predicted octanol–water partition coefficient (Wildman–Crippen LogP) is 4.46. The summed E-state index contributed by atoms with van der Waals surface area (Å²) in [6, 6.07) is 6.63. The quantitative estimate of drug-likeness (QED) is 0.379. The zero-order chi connectivity index (χ0) is 16.9. The van der Waals surface area contributed by atoms with E-state index in [4.69, 9.17) is 18.9 Å². The standard InChI is InChI=1S/C17H24O6/c1-3-5-11-20-16(18)22-13-14-7-9-15(10-8-14)23-17(19)21-12-6-4-2/h7-10H,3-6,11-13H2,1-2H3. The van der Waals surface area contributed by atoms with E-state index in [1.807, 2.05) is 13.8 Å². The Labute approximate surface area is 136 Å². The summed E-state index contributed by atoms with van der Waals surface area (Å²) in [5.41, 5.74) is 0.768. The molecule has 0 atom stereocenters. The smallest absolute Gasteiger partial charge is 0.434 e. The second-order valence-corrected chi connectivity index (χ2v) is 4.94. The second kappa shape index (κ2) is 11.3. The van der Waals surface area contributed by atoms with Crippen LogP contribution in [0.2, 0.25) is 0 Å². The molecule has 0 aliphatic rings. The predicted molar refractivity (Wildman–Crippen MR) is 84.4 cm³/mol. The van der Waals surface area contributed by atoms with Gasteiger partial charge in [0, 0.05) is 0 Å². The fourth-order valence-electron chi connectivity index (χ4n) is 1.56. The highest BCUT2D eigenvalue weighted by Crippen LogP contribution is 2.14. The van der Waals surface area contributed by atoms with Gasteiger partial charge in [-0.2, -0.15) is 0 Å². The first-order valence-electron chi connectivity index (χ1n) is 7.88. The van der Waals surface area contributed by atoms with E-state index in [0.29, 0.717) is 19.0 Å². The van der Waals surface area contributed by atoms with Gasteiger partial charge >= 0.3 is 12.3 Å². The molecule has 0 aromatic heterocycles. The molecular formula is C17H24O6. The van der Waals surface area contributed by atoms with Gasteiger partial charge in [0.05, 0.1) is 13.2 Å². The van der Waals surface area contributed by atoms with Crippen molar-refractivity contribution >= 4 is 12.3 Å². The van der Waals surface area contributed by atoms with Gasteiger partial charge in [0.2, 0.25) is 0 Å². The zero-order valence-corrected chi connectivity index (χ0v) is 13.7. The van der Waals surface area contributed by atoms with Crippen LogP contribution in [0.4, 0.5) is 9.59 Å². The number of rotatable bonds is 9. The van der Waals surface area contributed by atoms with Gasteiger partial charge in [0.1, 0.15) is 12.4 Å². The molecule has 0 bridgehead atoms. The molecule has 0 aliphatic heterocycles. The maximum atomic E-state index is 11.4. The van der Waals surface area contributed by atoms with E-state index in [9.17, 15) is 9.59 Å². The first-order chi connectivity index (χ1) is 11.2. The van der Waals surface area contributed by atoms with Crippen molar-refractivity contribution in [3.8, 4) is 5.75 Å². The average molecular weight is 324 g/mol. The summed E-state index contributed by atoms with van der Waals surface area (Å²) in [7, 11) is 0. The minimum Gasteiger partial charge on any atom is -0.434 e. The van der Waals surface area contributed by atoms with E-state index in [1.54, 1.807) is 24.3 Å². The van der Waals surface area contributed by atoms with E-state index in [-0.39, 0.29) is 6.61 Å². The Morgan fingerprint density at radius 3 is 1.96 bits per heavy atom. The third-order valence-electron chi connectivity index (χ3n) is 2.92. The van der Waals surface area contributed by atoms with E-state index < -0.39 is 12.3 Å². The van der Waals surface area contributed by atoms with Crippen molar-refractivity contribution in [3.63, 3.8) is 0 Å². The zero-order valence-electron chi connectivity index (χ0n) is 13.7. The van der Waals surface area contributed by atoms with E-state index >= 15 is 0 Å². The number of unbranched alkanes of at least 4 members (excludes halogenated alkanes) is 2. The van der Waals surface area contributed by atoms with Gasteiger partial charge in [0.15, 0.2) is 0 Å². The van der Waals surface area contributed by atoms with Gasteiger partial charge in [-0.3, -0.25) is 0 Å². The maximum Gasteiger partial charge on any atom is 0.513 e. The van der Waals surface area contributed by atoms with Crippen molar-refractivity contribution in [2.24, 2.45) is 0 Å². The van der Waals surface area contributed by atoms with Crippen molar-refractivity contribution in [1.29, 1.82) is 0 Å². The third-order valence-corrected chi connectivity index (χ3v) is 2.92. The normalized spacial score (nSPS) is 10.0. The van der Waals surface area contributed by atoms with Crippen LogP contribution in [-0.4, -0.2) is 25.5 Å². The largest absolute Gasteiger partial charge is 0.513 e. The van der Waals surface area contributed by atoms with Gasteiger partial charge < -0.3 is 18.9 Å². The van der Waals surface area contributed by atoms with Crippen LogP contribution in [0.1, 0.15) is 45.1 Å². The molecule has 0 fully saturated rings. The first kappa shape index (κ1) is 18.8. The Morgan fingerprint density at radius 1 is 0.826 bits per heavy atom. The summed E-state index contributed by atoms with van der Waals surface area (Å²) in [6.45, 7) is 4.84. The fourth-order valence-corrected chi connectivity index (χ4v) is 1.56. The molecule has 0 aliphatic carbocycles. The summed E-state index contributed by atoms with van der Waals surface area (Å²) >= 11 is 0. The number of ether oxygens (including phenoxy) is 4. The van der Waals surface area contributed by atoms with Crippen LogP contribution in [0.25, 0.3) is 0 Å². The third kappa shape index (κ3) is 8.70. The molecule has 1 rings (SSSR count). The van der Waals surface area contributed by atoms with Gasteiger partial charge in [-0.05, 0) is 30.5 Å². The van der Waals surface area contributed by atoms with E-state index in [1.165, 1.54) is 0 Å². The van der Waals surface area contributed by atoms with Crippen LogP contribution in [0, 0.1) is 0 Å². The Balaban J connectivity index is 2.30. The lowest BCUT2D eigenvalue weighted by Gasteiger charge is -2.07. The van der Waals surface area contributed by atoms with Gasteiger partial charge in [-0.1, -0.05) is 38.8 Å². The Hall–Kier alpha value is -2.24. The van der Waals surface area contributed by atoms with Crippen molar-refractivity contribution < 1.29 is 28.5 Å². The number of benzene rings is 1. The molecule has 0 saturated carbocycles. The van der Waals surface area contributed by atoms with Crippen LogP contribution >= 0.6 is 0 Å². The van der Waals surface area contributed by atoms with Crippen LogP contribution in [0.3, 0.4) is 0 Å². The highest BCUT2D eigenvalue weighted by atomic mass is 16.7. The molecule has 0 unspecified atom stereocenters. The second-order valence-electron chi connectivity index (χ2n) is 4.94. The molecule has 0 heterocycles. The molecule has 1 aromatic rings. The molecule has 0 saturated heterocycles. The highest BCUT2D eigenvalue weighted by molar-refractivity contribution is 5.63. The Bertz CT molecular complexity index is 468. The molecule has 6 heteroatoms. The maximum absolute atomic E-state index is 11.4. The highest BCUT2D eigenvalue weighted by Gasteiger charge is 2.07. The first-order valence-corrected chi connectivity index (χ1v) is 7.88. The average Bonchev–Trinajstić information content (AvgIpc) is 2.55. The topological polar surface area (TPSA) is 71.1 Å². The lowest BCUT2D eigenvalue weighted by atomic mass is 10.2. The number of hydrogen-bond donors (Lipinski definition) is 0. The molecule has 0 radical (unpaired) electrons. The number of carbonyl (C=O) groups excluding carboxylic acids is 2. The molecule has 1 aromatic carbocycles. The summed E-state index contributed by atoms with van der Waals surface area (Å²) in [6.07, 6.45) is 2.12. The summed E-state index contributed by atoms with van der Waals surface area (Å²) < 4.78 is 19.8. The molecule has 6 nitrogen and oxygen atoms in total. The van der Waals surface area contributed by atoms with Crippen molar-refractivity contribution in [2.75, 3.05) is 13.2 Å². The number of hydrogen-bond acceptors (Lipinski definition) is 6. The Kier molecular flexibility index (Phi) is 9.28. The molecule has 0 N–H and O–H groups in total. The SMILES string of the molecule is CCCCOC(=O)OCc1ccc(OC(=O)OCCCC)cc1. The summed E-state index contributed by atoms with van der Waals surface area (Å²) in [5.74, 6) is 0.376. The van der Waals surface area contributed by atoms with Gasteiger partial charge in [-0.25, -0.2) is 9.59 Å². The molecule has 0 spiro atoms. The summed E-state index contributed by atoms with van der Waals surface area (Å²) in [4.78, 5) is 22.7. The van der Waals surface area contributed by atoms with Gasteiger partial charge in [-0.15, -0.1) is 0 Å². The minimum absolute atomic E-state index is 0.103. The summed E-state index contributed by atoms with van der Waals surface area (Å²) in [5, 5.41) is 0. The van der Waals surface area contributed by atoms with Crippen molar-refractivity contribution in [3.05, 3.63) is 29.8 Å². The molecule has 128 valence electrons. The van der Waals surface area contributed by atoms with Crippen molar-refractivity contribution in [2.45, 2.75) is 46.1 Å². The lowest BCUT2D eigenvalue weighted by molar-refractivity contribution is 0.0491.